The number of hydrogen-bond donors (Lipinski definition) is 0. The van der Waals surface area contributed by atoms with Crippen LogP contribution < -0.4 is 0 Å². The van der Waals surface area contributed by atoms with Crippen molar-refractivity contribution in [2.45, 2.75) is 38.5 Å². The van der Waals surface area contributed by atoms with Crippen LogP contribution in [0.5, 0.6) is 0 Å². The molecule has 9 aromatic carbocycles. The summed E-state index contributed by atoms with van der Waals surface area (Å²) < 4.78 is 2.30. The maximum absolute atomic E-state index is 5.28. The predicted molar refractivity (Wildman–Crippen MR) is 248 cm³/mol. The molecular formula is C57H42N2. The Kier molecular flexibility index (Phi) is 7.06. The Labute approximate surface area is 345 Å². The second-order valence-electron chi connectivity index (χ2n) is 17.5. The normalized spacial score (nSPS) is 14.4. The summed E-state index contributed by atoms with van der Waals surface area (Å²) in [7, 11) is 0. The number of rotatable bonds is 4. The van der Waals surface area contributed by atoms with Crippen LogP contribution >= 0.6 is 0 Å². The van der Waals surface area contributed by atoms with E-state index in [0.717, 1.165) is 28.1 Å². The predicted octanol–water partition coefficient (Wildman–Crippen LogP) is 14.9. The number of nitrogens with zero attached hydrogens (tertiary/aromatic N) is 2. The van der Waals surface area contributed by atoms with E-state index in [1.165, 1.54) is 88.3 Å². The smallest absolute Gasteiger partial charge is 0.145 e. The molecule has 0 saturated heterocycles. The first-order chi connectivity index (χ1) is 28.8. The molecule has 10 aromatic rings. The lowest BCUT2D eigenvalue weighted by atomic mass is 9.78. The number of fused-ring (bicyclic) bond motifs is 9. The first-order valence-corrected chi connectivity index (χ1v) is 20.8. The highest BCUT2D eigenvalue weighted by Crippen LogP contribution is 2.55. The van der Waals surface area contributed by atoms with Gasteiger partial charge in [-0.2, -0.15) is 0 Å². The molecule has 12 rings (SSSR count). The molecule has 0 radical (unpaired) electrons. The van der Waals surface area contributed by atoms with Gasteiger partial charge >= 0.3 is 0 Å². The first-order valence-electron chi connectivity index (χ1n) is 20.8. The molecule has 0 fully saturated rings. The van der Waals surface area contributed by atoms with Gasteiger partial charge in [0.1, 0.15) is 5.82 Å². The molecule has 0 aliphatic heterocycles. The van der Waals surface area contributed by atoms with Crippen molar-refractivity contribution in [2.24, 2.45) is 0 Å². The van der Waals surface area contributed by atoms with Crippen molar-refractivity contribution >= 4 is 32.6 Å². The first kappa shape index (κ1) is 34.0. The molecule has 0 saturated carbocycles. The molecule has 1 heterocycles. The van der Waals surface area contributed by atoms with Crippen LogP contribution in [0.4, 0.5) is 0 Å². The van der Waals surface area contributed by atoms with Gasteiger partial charge in [-0.3, -0.25) is 4.57 Å². The SMILES string of the molecule is CC1(C)c2ccccc2-c2ccc(-c3c4ccccc4c(-c4cccc(-c5nc6ccccc6n5-c5ccccc5)c4)c4cc5c(cc34)C(C)(C)c3ccccc3-5)cc21. The summed E-state index contributed by atoms with van der Waals surface area (Å²) in [5.74, 6) is 0.933. The fourth-order valence-corrected chi connectivity index (χ4v) is 10.7. The third-order valence-electron chi connectivity index (χ3n) is 13.6. The van der Waals surface area contributed by atoms with Gasteiger partial charge in [-0.1, -0.05) is 161 Å². The van der Waals surface area contributed by atoms with E-state index in [1.807, 2.05) is 0 Å². The second kappa shape index (κ2) is 12.2. The number of imidazole rings is 1. The lowest BCUT2D eigenvalue weighted by Crippen LogP contribution is -2.15. The lowest BCUT2D eigenvalue weighted by molar-refractivity contribution is 0.660. The third-order valence-corrected chi connectivity index (χ3v) is 13.6. The Bertz CT molecular complexity index is 3380. The molecular weight excluding hydrogens is 713 g/mol. The maximum Gasteiger partial charge on any atom is 0.145 e. The second-order valence-corrected chi connectivity index (χ2v) is 17.5. The minimum atomic E-state index is -0.138. The van der Waals surface area contributed by atoms with Crippen molar-refractivity contribution in [3.05, 3.63) is 204 Å². The van der Waals surface area contributed by atoms with Crippen LogP contribution in [0.3, 0.4) is 0 Å². The quantitative estimate of drug-likeness (QED) is 0.164. The van der Waals surface area contributed by atoms with Crippen LogP contribution in [-0.4, -0.2) is 9.55 Å². The molecule has 2 aliphatic rings. The average molecular weight is 755 g/mol. The van der Waals surface area contributed by atoms with Gasteiger partial charge in [-0.25, -0.2) is 4.98 Å². The molecule has 2 aliphatic carbocycles. The van der Waals surface area contributed by atoms with E-state index in [1.54, 1.807) is 0 Å². The van der Waals surface area contributed by atoms with Crippen LogP contribution in [-0.2, 0) is 10.8 Å². The van der Waals surface area contributed by atoms with Crippen molar-refractivity contribution in [3.8, 4) is 61.6 Å². The molecule has 2 nitrogen and oxygen atoms in total. The summed E-state index contributed by atoms with van der Waals surface area (Å²) in [5, 5.41) is 5.06. The molecule has 0 N–H and O–H groups in total. The number of benzene rings is 9. The Morgan fingerprint density at radius 2 is 0.915 bits per heavy atom. The maximum atomic E-state index is 5.28. The molecule has 1 aromatic heterocycles. The minimum Gasteiger partial charge on any atom is -0.292 e. The minimum absolute atomic E-state index is 0.102. The third kappa shape index (κ3) is 4.78. The lowest BCUT2D eigenvalue weighted by Gasteiger charge is -2.25. The van der Waals surface area contributed by atoms with Crippen LogP contribution in [0.25, 0.3) is 94.2 Å². The largest absolute Gasteiger partial charge is 0.292 e. The molecule has 0 bridgehead atoms. The van der Waals surface area contributed by atoms with E-state index in [4.69, 9.17) is 4.98 Å². The monoisotopic (exact) mass is 754 g/mol. The van der Waals surface area contributed by atoms with E-state index >= 15 is 0 Å². The van der Waals surface area contributed by atoms with Crippen molar-refractivity contribution in [2.75, 3.05) is 0 Å². The van der Waals surface area contributed by atoms with Gasteiger partial charge < -0.3 is 0 Å². The Hall–Kier alpha value is -7.03. The zero-order valence-electron chi connectivity index (χ0n) is 33.7. The van der Waals surface area contributed by atoms with E-state index in [-0.39, 0.29) is 10.8 Å². The number of aromatic nitrogens is 2. The summed E-state index contributed by atoms with van der Waals surface area (Å²) in [6.07, 6.45) is 0. The van der Waals surface area contributed by atoms with Crippen molar-refractivity contribution < 1.29 is 0 Å². The number of para-hydroxylation sites is 3. The zero-order valence-corrected chi connectivity index (χ0v) is 33.7. The average Bonchev–Trinajstić information content (AvgIpc) is 3.85. The van der Waals surface area contributed by atoms with Gasteiger partial charge in [0.2, 0.25) is 0 Å². The molecule has 280 valence electrons. The molecule has 2 heteroatoms. The fraction of sp³-hybridized carbons (Fsp3) is 0.105. The van der Waals surface area contributed by atoms with Gasteiger partial charge in [0, 0.05) is 22.1 Å². The summed E-state index contributed by atoms with van der Waals surface area (Å²) >= 11 is 0. The van der Waals surface area contributed by atoms with Crippen LogP contribution in [0.2, 0.25) is 0 Å². The Morgan fingerprint density at radius 3 is 1.64 bits per heavy atom. The highest BCUT2D eigenvalue weighted by atomic mass is 15.1. The van der Waals surface area contributed by atoms with Crippen LogP contribution in [0.15, 0.2) is 182 Å². The Balaban J connectivity index is 1.16. The van der Waals surface area contributed by atoms with E-state index in [9.17, 15) is 0 Å². The summed E-state index contributed by atoms with van der Waals surface area (Å²) in [6.45, 7) is 9.55. The standard InChI is InChI=1S/C57H42N2/c1-56(2)47-25-12-10-21-39(47)41-30-29-36(32-49(41)56)54-43-24-9-8-23-42(43)53(45-33-44-40-22-11-13-26-48(40)57(3,4)50(44)34-46(45)54)35-17-16-18-37(31-35)55-58-51-27-14-15-28-52(51)59(55)38-19-6-5-7-20-38/h5-34H,1-4H3. The highest BCUT2D eigenvalue weighted by Gasteiger charge is 2.38. The van der Waals surface area contributed by atoms with E-state index < -0.39 is 0 Å². The van der Waals surface area contributed by atoms with Gasteiger partial charge in [-0.15, -0.1) is 0 Å². The fourth-order valence-electron chi connectivity index (χ4n) is 10.7. The van der Waals surface area contributed by atoms with E-state index in [2.05, 4.69) is 214 Å². The van der Waals surface area contributed by atoms with Gasteiger partial charge in [-0.05, 0) is 137 Å². The molecule has 0 unspecified atom stereocenters. The highest BCUT2D eigenvalue weighted by molar-refractivity contribution is 6.22. The molecule has 0 spiro atoms. The molecule has 59 heavy (non-hydrogen) atoms. The topological polar surface area (TPSA) is 17.8 Å². The van der Waals surface area contributed by atoms with Crippen molar-refractivity contribution in [1.29, 1.82) is 0 Å². The van der Waals surface area contributed by atoms with Crippen molar-refractivity contribution in [1.82, 2.24) is 9.55 Å². The summed E-state index contributed by atoms with van der Waals surface area (Å²) in [6, 6.07) is 67.5. The van der Waals surface area contributed by atoms with E-state index in [0.29, 0.717) is 0 Å². The van der Waals surface area contributed by atoms with Gasteiger partial charge in [0.25, 0.3) is 0 Å². The van der Waals surface area contributed by atoms with Crippen molar-refractivity contribution in [3.63, 3.8) is 0 Å². The van der Waals surface area contributed by atoms with Crippen LogP contribution in [0, 0.1) is 0 Å². The molecule has 0 atom stereocenters. The Morgan fingerprint density at radius 1 is 0.373 bits per heavy atom. The number of hydrogen-bond acceptors (Lipinski definition) is 1. The summed E-state index contributed by atoms with van der Waals surface area (Å²) in [5.41, 5.74) is 19.9. The van der Waals surface area contributed by atoms with Crippen LogP contribution in [0.1, 0.15) is 49.9 Å². The molecule has 0 amide bonds. The zero-order chi connectivity index (χ0) is 39.6. The summed E-state index contributed by atoms with van der Waals surface area (Å²) in [4.78, 5) is 5.28. The van der Waals surface area contributed by atoms with Gasteiger partial charge in [0.15, 0.2) is 0 Å². The van der Waals surface area contributed by atoms with Gasteiger partial charge in [0.05, 0.1) is 11.0 Å².